The number of aryl methyl sites for hydroxylation is 1. The summed E-state index contributed by atoms with van der Waals surface area (Å²) in [4.78, 5) is 0. The third-order valence-electron chi connectivity index (χ3n) is 3.54. The van der Waals surface area contributed by atoms with Gasteiger partial charge in [-0.15, -0.1) is 0 Å². The van der Waals surface area contributed by atoms with E-state index in [9.17, 15) is 20.4 Å². The lowest BCUT2D eigenvalue weighted by Gasteiger charge is -2.26. The topological polar surface area (TPSA) is 90.2 Å². The van der Waals surface area contributed by atoms with E-state index in [2.05, 4.69) is 0 Å². The maximum absolute atomic E-state index is 9.82. The molecule has 0 saturated carbocycles. The fourth-order valence-electron chi connectivity index (χ4n) is 2.12. The summed E-state index contributed by atoms with van der Waals surface area (Å²) in [6.45, 7) is 5.82. The van der Waals surface area contributed by atoms with E-state index in [-0.39, 0.29) is 35.4 Å². The fraction of sp³-hybridized carbons (Fsp3) is 0.294. The van der Waals surface area contributed by atoms with Gasteiger partial charge < -0.3 is 25.2 Å². The van der Waals surface area contributed by atoms with Gasteiger partial charge in [0.25, 0.3) is 0 Å². The van der Waals surface area contributed by atoms with E-state index in [1.54, 1.807) is 19.1 Å². The highest BCUT2D eigenvalue weighted by molar-refractivity contribution is 5.51. The number of hydrogen-bond donors (Lipinski definition) is 4. The summed E-state index contributed by atoms with van der Waals surface area (Å²) in [5.41, 5.74) is 1.07. The average Bonchev–Trinajstić information content (AvgIpc) is 2.44. The minimum absolute atomic E-state index is 0.179. The fourth-order valence-corrected chi connectivity index (χ4v) is 2.12. The molecule has 2 rings (SSSR count). The normalized spacial score (nSPS) is 11.4. The van der Waals surface area contributed by atoms with Crippen LogP contribution in [0.15, 0.2) is 30.3 Å². The van der Waals surface area contributed by atoms with Crippen molar-refractivity contribution in [1.82, 2.24) is 0 Å². The average molecular weight is 304 g/mol. The van der Waals surface area contributed by atoms with Crippen LogP contribution in [0, 0.1) is 6.92 Å². The van der Waals surface area contributed by atoms with E-state index in [4.69, 9.17) is 4.74 Å². The molecule has 5 nitrogen and oxygen atoms in total. The Morgan fingerprint density at radius 3 is 2.23 bits per heavy atom. The highest BCUT2D eigenvalue weighted by Crippen LogP contribution is 2.38. The van der Waals surface area contributed by atoms with Crippen molar-refractivity contribution < 1.29 is 25.2 Å². The van der Waals surface area contributed by atoms with Crippen LogP contribution in [-0.2, 0) is 5.41 Å². The summed E-state index contributed by atoms with van der Waals surface area (Å²) in [6.07, 6.45) is 0. The minimum Gasteiger partial charge on any atom is -0.504 e. The van der Waals surface area contributed by atoms with Crippen LogP contribution in [-0.4, -0.2) is 27.0 Å². The first-order valence-electron chi connectivity index (χ1n) is 6.88. The number of rotatable bonds is 4. The Morgan fingerprint density at radius 2 is 1.59 bits per heavy atom. The lowest BCUT2D eigenvalue weighted by Crippen LogP contribution is -2.26. The second-order valence-corrected chi connectivity index (χ2v) is 6.01. The zero-order chi connectivity index (χ0) is 16.5. The number of phenols is 4. The Labute approximate surface area is 129 Å². The van der Waals surface area contributed by atoms with Gasteiger partial charge in [-0.25, -0.2) is 0 Å². The van der Waals surface area contributed by atoms with Crippen LogP contribution in [0.2, 0.25) is 0 Å². The van der Waals surface area contributed by atoms with Crippen LogP contribution >= 0.6 is 0 Å². The van der Waals surface area contributed by atoms with Gasteiger partial charge in [-0.1, -0.05) is 19.9 Å². The summed E-state index contributed by atoms with van der Waals surface area (Å²) >= 11 is 0. The van der Waals surface area contributed by atoms with Gasteiger partial charge in [-0.3, -0.25) is 0 Å². The third-order valence-corrected chi connectivity index (χ3v) is 3.54. The quantitative estimate of drug-likeness (QED) is 0.651. The molecule has 0 amide bonds. The van der Waals surface area contributed by atoms with Gasteiger partial charge in [0, 0.05) is 5.41 Å². The van der Waals surface area contributed by atoms with Gasteiger partial charge in [-0.2, -0.15) is 0 Å². The summed E-state index contributed by atoms with van der Waals surface area (Å²) < 4.78 is 5.63. The molecule has 0 aliphatic carbocycles. The number of aromatic hydroxyl groups is 4. The van der Waals surface area contributed by atoms with Crippen molar-refractivity contribution in [3.8, 4) is 28.7 Å². The highest BCUT2D eigenvalue weighted by atomic mass is 16.5. The van der Waals surface area contributed by atoms with E-state index in [1.807, 2.05) is 13.8 Å². The van der Waals surface area contributed by atoms with Gasteiger partial charge in [0.05, 0.1) is 6.61 Å². The Hall–Kier alpha value is -2.56. The predicted octanol–water partition coefficient (Wildman–Crippen LogP) is 3.17. The largest absolute Gasteiger partial charge is 0.504 e. The second kappa shape index (κ2) is 5.67. The lowest BCUT2D eigenvalue weighted by molar-refractivity contribution is 0.229. The second-order valence-electron chi connectivity index (χ2n) is 6.01. The first-order valence-corrected chi connectivity index (χ1v) is 6.88. The van der Waals surface area contributed by atoms with Crippen molar-refractivity contribution in [2.45, 2.75) is 26.2 Å². The number of benzene rings is 2. The molecule has 0 bridgehead atoms. The summed E-state index contributed by atoms with van der Waals surface area (Å²) in [6, 6.07) is 7.69. The molecule has 0 heterocycles. The van der Waals surface area contributed by atoms with Gasteiger partial charge in [0.15, 0.2) is 23.0 Å². The van der Waals surface area contributed by atoms with Crippen LogP contribution in [0.4, 0.5) is 0 Å². The molecule has 0 radical (unpaired) electrons. The van der Waals surface area contributed by atoms with Gasteiger partial charge in [-0.05, 0) is 42.3 Å². The SMILES string of the molecule is Cc1cc(O)c(O)c(OCC(C)(C)c2ccc(O)c(O)c2)c1. The molecule has 2 aromatic carbocycles. The van der Waals surface area contributed by atoms with Crippen molar-refractivity contribution in [1.29, 1.82) is 0 Å². The molecule has 4 N–H and O–H groups in total. The molecule has 0 unspecified atom stereocenters. The van der Waals surface area contributed by atoms with E-state index in [1.165, 1.54) is 18.2 Å². The van der Waals surface area contributed by atoms with Crippen LogP contribution < -0.4 is 4.74 Å². The van der Waals surface area contributed by atoms with Crippen LogP contribution in [0.3, 0.4) is 0 Å². The zero-order valence-electron chi connectivity index (χ0n) is 12.8. The molecule has 0 saturated heterocycles. The molecule has 5 heteroatoms. The van der Waals surface area contributed by atoms with Crippen LogP contribution in [0.25, 0.3) is 0 Å². The van der Waals surface area contributed by atoms with Crippen molar-refractivity contribution >= 4 is 0 Å². The van der Waals surface area contributed by atoms with E-state index in [0.29, 0.717) is 0 Å². The molecule has 22 heavy (non-hydrogen) atoms. The summed E-state index contributed by atoms with van der Waals surface area (Å²) in [5.74, 6) is -0.693. The van der Waals surface area contributed by atoms with Crippen molar-refractivity contribution in [2.24, 2.45) is 0 Å². The third kappa shape index (κ3) is 3.19. The number of hydrogen-bond acceptors (Lipinski definition) is 5. The van der Waals surface area contributed by atoms with Crippen LogP contribution in [0.5, 0.6) is 28.7 Å². The molecule has 0 aliphatic rings. The highest BCUT2D eigenvalue weighted by Gasteiger charge is 2.24. The Morgan fingerprint density at radius 1 is 0.909 bits per heavy atom. The molecule has 2 aromatic rings. The van der Waals surface area contributed by atoms with E-state index >= 15 is 0 Å². The predicted molar refractivity (Wildman–Crippen MR) is 82.8 cm³/mol. The molecule has 0 fully saturated rings. The first kappa shape index (κ1) is 15.8. The zero-order valence-corrected chi connectivity index (χ0v) is 12.8. The Balaban J connectivity index is 2.21. The van der Waals surface area contributed by atoms with Crippen LogP contribution in [0.1, 0.15) is 25.0 Å². The summed E-state index contributed by atoms with van der Waals surface area (Å²) in [7, 11) is 0. The Kier molecular flexibility index (Phi) is 4.08. The smallest absolute Gasteiger partial charge is 0.200 e. The van der Waals surface area contributed by atoms with Crippen molar-refractivity contribution in [3.05, 3.63) is 41.5 Å². The van der Waals surface area contributed by atoms with Gasteiger partial charge >= 0.3 is 0 Å². The Bertz CT molecular complexity index is 692. The first-order chi connectivity index (χ1) is 10.2. The maximum atomic E-state index is 9.82. The number of phenolic OH excluding ortho intramolecular Hbond substituents is 4. The molecular weight excluding hydrogens is 284 g/mol. The molecule has 0 spiro atoms. The minimum atomic E-state index is -0.475. The van der Waals surface area contributed by atoms with Crippen molar-refractivity contribution in [3.63, 3.8) is 0 Å². The maximum Gasteiger partial charge on any atom is 0.200 e. The molecule has 118 valence electrons. The van der Waals surface area contributed by atoms with E-state index < -0.39 is 5.41 Å². The lowest BCUT2D eigenvalue weighted by atomic mass is 9.85. The van der Waals surface area contributed by atoms with E-state index in [0.717, 1.165) is 11.1 Å². The van der Waals surface area contributed by atoms with Gasteiger partial charge in [0.1, 0.15) is 0 Å². The standard InChI is InChI=1S/C17H20O5/c1-10-6-14(20)16(21)15(7-10)22-9-17(2,3)11-4-5-12(18)13(19)8-11/h4-8,18-21H,9H2,1-3H3. The van der Waals surface area contributed by atoms with Gasteiger partial charge in [0.2, 0.25) is 5.75 Å². The molecule has 0 atom stereocenters. The monoisotopic (exact) mass is 304 g/mol. The molecule has 0 aromatic heterocycles. The number of ether oxygens (including phenoxy) is 1. The molecule has 0 aliphatic heterocycles. The van der Waals surface area contributed by atoms with Crippen molar-refractivity contribution in [2.75, 3.05) is 6.61 Å². The summed E-state index contributed by atoms with van der Waals surface area (Å²) in [5, 5.41) is 38.4. The molecular formula is C17H20O5.